The van der Waals surface area contributed by atoms with Crippen molar-refractivity contribution in [1.82, 2.24) is 15.1 Å². The SMILES string of the molecule is C=CCn1cc(CNCCN)cn1. The van der Waals surface area contributed by atoms with Gasteiger partial charge in [0.1, 0.15) is 0 Å². The van der Waals surface area contributed by atoms with E-state index in [1.54, 1.807) is 0 Å². The van der Waals surface area contributed by atoms with Crippen LogP contribution in [0.5, 0.6) is 0 Å². The van der Waals surface area contributed by atoms with Gasteiger partial charge in [-0.3, -0.25) is 4.68 Å². The Labute approximate surface area is 78.4 Å². The van der Waals surface area contributed by atoms with E-state index in [2.05, 4.69) is 17.0 Å². The average molecular weight is 180 g/mol. The zero-order chi connectivity index (χ0) is 9.52. The number of rotatable bonds is 6. The van der Waals surface area contributed by atoms with Crippen LogP contribution >= 0.6 is 0 Å². The summed E-state index contributed by atoms with van der Waals surface area (Å²) < 4.78 is 1.85. The van der Waals surface area contributed by atoms with Gasteiger partial charge in [-0.1, -0.05) is 6.08 Å². The molecule has 0 aliphatic heterocycles. The molecule has 0 aliphatic carbocycles. The Bertz CT molecular complexity index is 254. The van der Waals surface area contributed by atoms with Crippen LogP contribution in [-0.2, 0) is 13.1 Å². The van der Waals surface area contributed by atoms with Gasteiger partial charge in [0.05, 0.1) is 12.7 Å². The van der Waals surface area contributed by atoms with Gasteiger partial charge in [0, 0.05) is 31.4 Å². The second-order valence-corrected chi connectivity index (χ2v) is 2.82. The Morgan fingerprint density at radius 1 is 1.69 bits per heavy atom. The van der Waals surface area contributed by atoms with Gasteiger partial charge in [0.2, 0.25) is 0 Å². The molecule has 1 aromatic rings. The van der Waals surface area contributed by atoms with Gasteiger partial charge < -0.3 is 11.1 Å². The van der Waals surface area contributed by atoms with Gasteiger partial charge in [-0.25, -0.2) is 0 Å². The van der Waals surface area contributed by atoms with Gasteiger partial charge in [0.25, 0.3) is 0 Å². The molecule has 3 N–H and O–H groups in total. The fourth-order valence-corrected chi connectivity index (χ4v) is 1.06. The van der Waals surface area contributed by atoms with E-state index >= 15 is 0 Å². The molecule has 0 saturated carbocycles. The third kappa shape index (κ3) is 3.40. The van der Waals surface area contributed by atoms with Gasteiger partial charge >= 0.3 is 0 Å². The molecule has 0 fully saturated rings. The maximum Gasteiger partial charge on any atom is 0.0587 e. The minimum absolute atomic E-state index is 0.667. The van der Waals surface area contributed by atoms with Crippen molar-refractivity contribution in [3.05, 3.63) is 30.6 Å². The van der Waals surface area contributed by atoms with Crippen LogP contribution in [0.3, 0.4) is 0 Å². The molecule has 0 bridgehead atoms. The lowest BCUT2D eigenvalue weighted by molar-refractivity contribution is 0.686. The van der Waals surface area contributed by atoms with Crippen molar-refractivity contribution in [2.45, 2.75) is 13.1 Å². The van der Waals surface area contributed by atoms with E-state index in [0.29, 0.717) is 6.54 Å². The summed E-state index contributed by atoms with van der Waals surface area (Å²) >= 11 is 0. The van der Waals surface area contributed by atoms with Crippen LogP contribution in [0.2, 0.25) is 0 Å². The summed E-state index contributed by atoms with van der Waals surface area (Å²) in [5.74, 6) is 0. The fraction of sp³-hybridized carbons (Fsp3) is 0.444. The first-order valence-electron chi connectivity index (χ1n) is 4.40. The van der Waals surface area contributed by atoms with Crippen molar-refractivity contribution >= 4 is 0 Å². The Kier molecular flexibility index (Phi) is 4.21. The molecule has 0 saturated heterocycles. The van der Waals surface area contributed by atoms with Crippen molar-refractivity contribution < 1.29 is 0 Å². The van der Waals surface area contributed by atoms with Crippen LogP contribution in [0.25, 0.3) is 0 Å². The zero-order valence-corrected chi connectivity index (χ0v) is 7.74. The van der Waals surface area contributed by atoms with Crippen LogP contribution in [0.1, 0.15) is 5.56 Å². The van der Waals surface area contributed by atoms with Crippen molar-refractivity contribution in [2.24, 2.45) is 5.73 Å². The van der Waals surface area contributed by atoms with E-state index < -0.39 is 0 Å². The summed E-state index contributed by atoms with van der Waals surface area (Å²) in [5.41, 5.74) is 6.53. The summed E-state index contributed by atoms with van der Waals surface area (Å²) in [6.07, 6.45) is 5.68. The molecule has 0 amide bonds. The van der Waals surface area contributed by atoms with Crippen LogP contribution < -0.4 is 11.1 Å². The van der Waals surface area contributed by atoms with E-state index in [1.165, 1.54) is 5.56 Å². The molecular weight excluding hydrogens is 164 g/mol. The molecule has 1 heterocycles. The van der Waals surface area contributed by atoms with Crippen LogP contribution in [0, 0.1) is 0 Å². The Balaban J connectivity index is 2.35. The van der Waals surface area contributed by atoms with E-state index in [9.17, 15) is 0 Å². The molecular formula is C9H16N4. The first-order chi connectivity index (χ1) is 6.36. The summed E-state index contributed by atoms with van der Waals surface area (Å²) in [5, 5.41) is 7.36. The van der Waals surface area contributed by atoms with Crippen LogP contribution in [0.4, 0.5) is 0 Å². The topological polar surface area (TPSA) is 55.9 Å². The number of hydrogen-bond acceptors (Lipinski definition) is 3. The number of allylic oxidation sites excluding steroid dienone is 1. The molecule has 0 aromatic carbocycles. The Hall–Kier alpha value is -1.13. The molecule has 1 rings (SSSR count). The molecule has 4 nitrogen and oxygen atoms in total. The highest BCUT2D eigenvalue weighted by Gasteiger charge is 1.95. The lowest BCUT2D eigenvalue weighted by atomic mass is 10.3. The fourth-order valence-electron chi connectivity index (χ4n) is 1.06. The number of nitrogens with two attached hydrogens (primary N) is 1. The highest BCUT2D eigenvalue weighted by molar-refractivity contribution is 5.03. The third-order valence-electron chi connectivity index (χ3n) is 1.65. The second-order valence-electron chi connectivity index (χ2n) is 2.82. The normalized spacial score (nSPS) is 10.2. The average Bonchev–Trinajstić information content (AvgIpc) is 2.54. The van der Waals surface area contributed by atoms with E-state index in [0.717, 1.165) is 19.6 Å². The van der Waals surface area contributed by atoms with Crippen molar-refractivity contribution in [1.29, 1.82) is 0 Å². The summed E-state index contributed by atoms with van der Waals surface area (Å²) in [7, 11) is 0. The number of aromatic nitrogens is 2. The largest absolute Gasteiger partial charge is 0.329 e. The van der Waals surface area contributed by atoms with Crippen LogP contribution in [0.15, 0.2) is 25.0 Å². The third-order valence-corrected chi connectivity index (χ3v) is 1.65. The molecule has 1 aromatic heterocycles. The zero-order valence-electron chi connectivity index (χ0n) is 7.74. The summed E-state index contributed by atoms with van der Waals surface area (Å²) in [4.78, 5) is 0. The minimum Gasteiger partial charge on any atom is -0.329 e. The lowest BCUT2D eigenvalue weighted by Gasteiger charge is -1.98. The van der Waals surface area contributed by atoms with Crippen molar-refractivity contribution in [3.63, 3.8) is 0 Å². The molecule has 4 heteroatoms. The highest BCUT2D eigenvalue weighted by atomic mass is 15.3. The van der Waals surface area contributed by atoms with Crippen molar-refractivity contribution in [2.75, 3.05) is 13.1 Å². The lowest BCUT2D eigenvalue weighted by Crippen LogP contribution is -2.21. The first-order valence-corrected chi connectivity index (χ1v) is 4.40. The monoisotopic (exact) mass is 180 g/mol. The first kappa shape index (κ1) is 9.95. The standard InChI is InChI=1S/C9H16N4/c1-2-5-13-8-9(7-12-13)6-11-4-3-10/h2,7-8,11H,1,3-6,10H2. The van der Waals surface area contributed by atoms with E-state index in [1.807, 2.05) is 23.2 Å². The van der Waals surface area contributed by atoms with Gasteiger partial charge in [-0.05, 0) is 0 Å². The molecule has 0 aliphatic rings. The Morgan fingerprint density at radius 3 is 3.23 bits per heavy atom. The molecule has 0 atom stereocenters. The predicted octanol–water partition coefficient (Wildman–Crippen LogP) is 0.117. The number of nitrogens with one attached hydrogen (secondary N) is 1. The summed E-state index contributed by atoms with van der Waals surface area (Å²) in [6.45, 7) is 6.74. The smallest absolute Gasteiger partial charge is 0.0587 e. The highest BCUT2D eigenvalue weighted by Crippen LogP contribution is 1.96. The number of hydrogen-bond donors (Lipinski definition) is 2. The quantitative estimate of drug-likeness (QED) is 0.483. The minimum atomic E-state index is 0.667. The molecule has 72 valence electrons. The predicted molar refractivity (Wildman–Crippen MR) is 53.2 cm³/mol. The van der Waals surface area contributed by atoms with Crippen LogP contribution in [-0.4, -0.2) is 22.9 Å². The van der Waals surface area contributed by atoms with E-state index in [4.69, 9.17) is 5.73 Å². The summed E-state index contributed by atoms with van der Waals surface area (Å²) in [6, 6.07) is 0. The van der Waals surface area contributed by atoms with Gasteiger partial charge in [-0.15, -0.1) is 6.58 Å². The molecule has 0 unspecified atom stereocenters. The maximum atomic E-state index is 5.35. The van der Waals surface area contributed by atoms with Gasteiger partial charge in [0.15, 0.2) is 0 Å². The molecule has 0 radical (unpaired) electrons. The van der Waals surface area contributed by atoms with Crippen molar-refractivity contribution in [3.8, 4) is 0 Å². The maximum absolute atomic E-state index is 5.35. The molecule has 0 spiro atoms. The number of nitrogens with zero attached hydrogens (tertiary/aromatic N) is 2. The van der Waals surface area contributed by atoms with E-state index in [-0.39, 0.29) is 0 Å². The van der Waals surface area contributed by atoms with Gasteiger partial charge in [-0.2, -0.15) is 5.10 Å². The molecule has 13 heavy (non-hydrogen) atoms. The second kappa shape index (κ2) is 5.50. The Morgan fingerprint density at radius 2 is 2.54 bits per heavy atom.